The van der Waals surface area contributed by atoms with Gasteiger partial charge >= 0.3 is 11.9 Å². The number of aromatic hydroxyl groups is 1. The van der Waals surface area contributed by atoms with Crippen molar-refractivity contribution in [3.05, 3.63) is 130 Å². The minimum absolute atomic E-state index is 0.00565. The van der Waals surface area contributed by atoms with Crippen LogP contribution in [0.15, 0.2) is 113 Å². The van der Waals surface area contributed by atoms with Crippen molar-refractivity contribution in [3.63, 3.8) is 0 Å². The van der Waals surface area contributed by atoms with E-state index in [2.05, 4.69) is 58.4 Å². The Morgan fingerprint density at radius 3 is 2.52 bits per heavy atom. The lowest BCUT2D eigenvalue weighted by molar-refractivity contribution is -0.135. The van der Waals surface area contributed by atoms with Crippen LogP contribution in [0.2, 0.25) is 0 Å². The van der Waals surface area contributed by atoms with E-state index in [1.807, 2.05) is 43.5 Å². The third-order valence-electron chi connectivity index (χ3n) is 16.6. The molecule has 3 heterocycles. The lowest BCUT2D eigenvalue weighted by Crippen LogP contribution is -2.52. The molecule has 0 radical (unpaired) electrons. The summed E-state index contributed by atoms with van der Waals surface area (Å²) in [6, 6.07) is 24.9. The standard InChI is InChI=1S/C56H67N3O7/c1-57-49-30-37(22-25-58-49)39(33-61)15-20-47-45-19-18-44-43-21-24-56(52(44)51(45)54(63)65-47)48(29-35(23-26-60)27-34-9-4-2-5-10-34)66-55(64)53(56)50(43)46-31-41(62)16-17-42(46)38-12-8-11-36(28-38)32-59-40-13-6-3-7-14-40/h2,4-5,8-12,16-17,20,28-29,31,35,37,39-40,43-44,49,52,57-62H,3,6-7,13-15,18-19,21-27,30,32-33H2,1H3. The molecule has 348 valence electrons. The number of cyclic esters (lactones) is 2. The van der Waals surface area contributed by atoms with Crippen molar-refractivity contribution >= 4 is 17.5 Å². The Morgan fingerprint density at radius 2 is 1.71 bits per heavy atom. The number of piperidine rings is 1. The number of aliphatic hydroxyl groups excluding tert-OH is 2. The van der Waals surface area contributed by atoms with Crippen LogP contribution < -0.4 is 16.0 Å². The van der Waals surface area contributed by atoms with E-state index in [4.69, 9.17) is 9.47 Å². The Kier molecular flexibility index (Phi) is 13.2. The van der Waals surface area contributed by atoms with Crippen molar-refractivity contribution in [3.8, 4) is 16.9 Å². The number of phenols is 1. The van der Waals surface area contributed by atoms with Gasteiger partial charge in [-0.25, -0.2) is 9.59 Å². The first-order chi connectivity index (χ1) is 32.3. The Bertz CT molecular complexity index is 2430. The molecule has 2 saturated carbocycles. The van der Waals surface area contributed by atoms with Crippen LogP contribution in [0.25, 0.3) is 16.7 Å². The number of carbonyl (C=O) groups is 2. The van der Waals surface area contributed by atoms with Gasteiger partial charge in [-0.3, -0.25) is 0 Å². The highest BCUT2D eigenvalue weighted by Crippen LogP contribution is 2.72. The summed E-state index contributed by atoms with van der Waals surface area (Å²) in [7, 11) is 1.96. The molecule has 0 amide bonds. The summed E-state index contributed by atoms with van der Waals surface area (Å²) in [5.74, 6) is 0.363. The number of benzene rings is 3. The van der Waals surface area contributed by atoms with Crippen molar-refractivity contribution in [2.75, 3.05) is 26.8 Å². The molecule has 66 heavy (non-hydrogen) atoms. The molecule has 11 rings (SSSR count). The number of fused-ring (bicyclic) bond motifs is 1. The second-order valence-electron chi connectivity index (χ2n) is 20.2. The van der Waals surface area contributed by atoms with E-state index < -0.39 is 11.4 Å². The van der Waals surface area contributed by atoms with Gasteiger partial charge in [0.15, 0.2) is 0 Å². The number of hydrogen-bond acceptors (Lipinski definition) is 10. The van der Waals surface area contributed by atoms with Gasteiger partial charge < -0.3 is 40.7 Å². The molecule has 6 N–H and O–H groups in total. The van der Waals surface area contributed by atoms with Crippen molar-refractivity contribution in [1.29, 1.82) is 0 Å². The van der Waals surface area contributed by atoms with Gasteiger partial charge in [0.05, 0.1) is 17.2 Å². The third-order valence-corrected chi connectivity index (χ3v) is 16.6. The van der Waals surface area contributed by atoms with Gasteiger partial charge in [-0.1, -0.05) is 73.9 Å². The second-order valence-corrected chi connectivity index (χ2v) is 20.2. The van der Waals surface area contributed by atoms with E-state index in [9.17, 15) is 20.1 Å². The Balaban J connectivity index is 1.08. The number of nitrogens with one attached hydrogen (secondary N) is 3. The highest BCUT2D eigenvalue weighted by molar-refractivity contribution is 6.07. The van der Waals surface area contributed by atoms with E-state index in [0.717, 1.165) is 72.2 Å². The van der Waals surface area contributed by atoms with Crippen molar-refractivity contribution in [1.82, 2.24) is 16.0 Å². The van der Waals surface area contributed by atoms with Crippen LogP contribution in [-0.4, -0.2) is 66.3 Å². The maximum Gasteiger partial charge on any atom is 0.340 e. The number of phenolic OH excluding ortho intramolecular Hbond substituents is 1. The van der Waals surface area contributed by atoms with Crippen molar-refractivity contribution < 1.29 is 34.4 Å². The summed E-state index contributed by atoms with van der Waals surface area (Å²) >= 11 is 0. The molecule has 10 nitrogen and oxygen atoms in total. The quantitative estimate of drug-likeness (QED) is 0.0820. The molecule has 3 aromatic carbocycles. The lowest BCUT2D eigenvalue weighted by atomic mass is 9.44. The highest BCUT2D eigenvalue weighted by Gasteiger charge is 2.68. The zero-order valence-corrected chi connectivity index (χ0v) is 38.4. The zero-order valence-electron chi connectivity index (χ0n) is 38.4. The minimum Gasteiger partial charge on any atom is -0.508 e. The van der Waals surface area contributed by atoms with Crippen LogP contribution in [0.1, 0.15) is 100 Å². The smallest absolute Gasteiger partial charge is 0.340 e. The Labute approximate surface area is 389 Å². The van der Waals surface area contributed by atoms with E-state index in [1.54, 1.807) is 6.07 Å². The number of aliphatic hydroxyl groups is 2. The molecule has 4 fully saturated rings. The van der Waals surface area contributed by atoms with E-state index in [-0.39, 0.29) is 60.7 Å². The molecule has 0 aromatic heterocycles. The number of hydrogen-bond donors (Lipinski definition) is 6. The van der Waals surface area contributed by atoms with Crippen molar-refractivity contribution in [2.45, 2.75) is 109 Å². The summed E-state index contributed by atoms with van der Waals surface area (Å²) in [6.45, 7) is 1.69. The molecular formula is C56H67N3O7. The summed E-state index contributed by atoms with van der Waals surface area (Å²) in [5, 5.41) is 43.0. The number of rotatable bonds is 15. The fourth-order valence-corrected chi connectivity index (χ4v) is 13.5. The minimum atomic E-state index is -0.953. The number of carbonyl (C=O) groups excluding carboxylic acids is 2. The summed E-state index contributed by atoms with van der Waals surface area (Å²) in [4.78, 5) is 29.6. The van der Waals surface area contributed by atoms with Gasteiger partial charge in [0.25, 0.3) is 0 Å². The maximum absolute atomic E-state index is 15.0. The first-order valence-corrected chi connectivity index (χ1v) is 25.0. The SMILES string of the molecule is CNC1CC(C(CO)CC=C2OC(=O)C3=C2CCC2C4CCC5(C(=CC(CCO)Cc6ccccc6)OC(=O)C5=C4c4cc(O)ccc4-c4cccc(CNC5CCCCC5)c4)C32)CCN1. The molecule has 1 spiro atoms. The van der Waals surface area contributed by atoms with Crippen LogP contribution in [0.3, 0.4) is 0 Å². The highest BCUT2D eigenvalue weighted by atomic mass is 16.6. The zero-order chi connectivity index (χ0) is 45.4. The fraction of sp³-hybridized carbons (Fsp3) is 0.500. The fourth-order valence-electron chi connectivity index (χ4n) is 13.5. The van der Waals surface area contributed by atoms with Crippen LogP contribution in [0.5, 0.6) is 5.75 Å². The molecule has 10 heteroatoms. The van der Waals surface area contributed by atoms with E-state index in [1.165, 1.54) is 37.7 Å². The molecule has 8 atom stereocenters. The summed E-state index contributed by atoms with van der Waals surface area (Å²) in [6.07, 6.45) is 17.1. The molecule has 2 bridgehead atoms. The van der Waals surface area contributed by atoms with Crippen LogP contribution in [0, 0.1) is 40.9 Å². The molecule has 3 aliphatic heterocycles. The van der Waals surface area contributed by atoms with Crippen LogP contribution in [-0.2, 0) is 32.0 Å². The Morgan fingerprint density at radius 1 is 0.879 bits per heavy atom. The number of esters is 2. The van der Waals surface area contributed by atoms with E-state index in [0.29, 0.717) is 66.7 Å². The Hall–Kier alpha value is -4.84. The first kappa shape index (κ1) is 45.0. The van der Waals surface area contributed by atoms with Crippen molar-refractivity contribution in [2.24, 2.45) is 40.9 Å². The average Bonchev–Trinajstić information content (AvgIpc) is 3.83. The van der Waals surface area contributed by atoms with Gasteiger partial charge in [-0.05, 0) is 178 Å². The second kappa shape index (κ2) is 19.4. The van der Waals surface area contributed by atoms with Gasteiger partial charge in [0.2, 0.25) is 0 Å². The molecule has 2 saturated heterocycles. The average molecular weight is 894 g/mol. The third kappa shape index (κ3) is 8.42. The molecule has 5 aliphatic carbocycles. The van der Waals surface area contributed by atoms with Gasteiger partial charge in [-0.2, -0.15) is 0 Å². The van der Waals surface area contributed by atoms with Gasteiger partial charge in [-0.15, -0.1) is 0 Å². The largest absolute Gasteiger partial charge is 0.508 e. The molecule has 8 unspecified atom stereocenters. The molecular weight excluding hydrogens is 827 g/mol. The predicted molar refractivity (Wildman–Crippen MR) is 255 cm³/mol. The monoisotopic (exact) mass is 893 g/mol. The normalized spacial score (nSPS) is 29.5. The molecule has 8 aliphatic rings. The van der Waals surface area contributed by atoms with E-state index >= 15 is 4.79 Å². The summed E-state index contributed by atoms with van der Waals surface area (Å²) in [5.41, 5.74) is 7.29. The van der Waals surface area contributed by atoms with Gasteiger partial charge in [0.1, 0.15) is 17.3 Å². The molecule has 3 aromatic rings. The maximum atomic E-state index is 15.0. The number of allylic oxidation sites excluding steroid dienone is 5. The van der Waals surface area contributed by atoms with Crippen LogP contribution >= 0.6 is 0 Å². The predicted octanol–water partition coefficient (Wildman–Crippen LogP) is 8.63. The topological polar surface area (TPSA) is 149 Å². The number of ether oxygens (including phenoxy) is 2. The lowest BCUT2D eigenvalue weighted by Gasteiger charge is -2.56. The first-order valence-electron chi connectivity index (χ1n) is 25.0. The van der Waals surface area contributed by atoms with Gasteiger partial charge in [0, 0.05) is 42.9 Å². The summed E-state index contributed by atoms with van der Waals surface area (Å²) < 4.78 is 12.9. The van der Waals surface area contributed by atoms with Crippen LogP contribution in [0.4, 0.5) is 0 Å².